The first-order chi connectivity index (χ1) is 5.31. The van der Waals surface area contributed by atoms with Gasteiger partial charge in [-0.3, -0.25) is 9.59 Å². The fourth-order valence-electron chi connectivity index (χ4n) is 0.337. The number of halogens is 3. The van der Waals surface area contributed by atoms with E-state index >= 15 is 0 Å². The number of aliphatic carboxylic acids is 1. The van der Waals surface area contributed by atoms with Crippen LogP contribution in [0.25, 0.3) is 0 Å². The van der Waals surface area contributed by atoms with Gasteiger partial charge in [0.2, 0.25) is 0 Å². The molecular formula is C5H5F3O4. The summed E-state index contributed by atoms with van der Waals surface area (Å²) in [5.74, 6) is -2.93. The summed E-state index contributed by atoms with van der Waals surface area (Å²) < 4.78 is 37.6. The molecule has 0 saturated heterocycles. The average Bonchev–Trinajstić information content (AvgIpc) is 1.80. The Hall–Kier alpha value is -1.27. The first-order valence-electron chi connectivity index (χ1n) is 2.75. The van der Waals surface area contributed by atoms with Gasteiger partial charge < -0.3 is 9.84 Å². The van der Waals surface area contributed by atoms with Crippen LogP contribution in [-0.2, 0) is 14.3 Å². The number of rotatable bonds is 3. The Morgan fingerprint density at radius 2 is 1.83 bits per heavy atom. The lowest BCUT2D eigenvalue weighted by Crippen LogP contribution is -2.21. The number of carbonyl (C=O) groups excluding carboxylic acids is 1. The number of carbonyl (C=O) groups is 2. The van der Waals surface area contributed by atoms with Crippen molar-refractivity contribution in [1.29, 1.82) is 0 Å². The maximum absolute atomic E-state index is 11.3. The Kier molecular flexibility index (Phi) is 3.52. The Bertz CT molecular complexity index is 186. The molecule has 0 aromatic rings. The van der Waals surface area contributed by atoms with Crippen LogP contribution in [0.1, 0.15) is 6.42 Å². The molecule has 0 aliphatic rings. The Morgan fingerprint density at radius 1 is 1.33 bits per heavy atom. The van der Waals surface area contributed by atoms with Crippen LogP contribution < -0.4 is 0 Å². The van der Waals surface area contributed by atoms with E-state index in [2.05, 4.69) is 4.74 Å². The van der Waals surface area contributed by atoms with Crippen LogP contribution >= 0.6 is 0 Å². The van der Waals surface area contributed by atoms with Gasteiger partial charge in [0, 0.05) is 0 Å². The molecule has 0 heterocycles. The molecule has 0 aliphatic heterocycles. The number of hydrogen-bond donors (Lipinski definition) is 1. The Balaban J connectivity index is 3.65. The average molecular weight is 186 g/mol. The number of esters is 1. The van der Waals surface area contributed by atoms with Gasteiger partial charge in [-0.2, -0.15) is 13.2 Å². The van der Waals surface area contributed by atoms with E-state index in [0.29, 0.717) is 0 Å². The smallest absolute Gasteiger partial charge is 0.422 e. The van der Waals surface area contributed by atoms with Crippen LogP contribution in [0.4, 0.5) is 13.2 Å². The minimum atomic E-state index is -4.62. The molecule has 0 spiro atoms. The van der Waals surface area contributed by atoms with Crippen molar-refractivity contribution in [3.8, 4) is 0 Å². The van der Waals surface area contributed by atoms with E-state index in [-0.39, 0.29) is 0 Å². The standard InChI is InChI=1S/C5H5F3O4/c6-5(7,8)2-12-4(11)1-3(9)10/h1-2H2,(H,9,10). The van der Waals surface area contributed by atoms with E-state index in [1.165, 1.54) is 0 Å². The van der Waals surface area contributed by atoms with Crippen molar-refractivity contribution in [3.05, 3.63) is 0 Å². The number of carboxylic acid groups (broad SMARTS) is 1. The summed E-state index contributed by atoms with van der Waals surface area (Å²) in [6, 6.07) is 0. The Morgan fingerprint density at radius 3 is 2.17 bits per heavy atom. The van der Waals surface area contributed by atoms with Crippen molar-refractivity contribution in [2.45, 2.75) is 12.6 Å². The molecule has 0 radical (unpaired) electrons. The third-order valence-electron chi connectivity index (χ3n) is 0.692. The van der Waals surface area contributed by atoms with E-state index in [4.69, 9.17) is 5.11 Å². The van der Waals surface area contributed by atoms with Crippen molar-refractivity contribution in [3.63, 3.8) is 0 Å². The lowest BCUT2D eigenvalue weighted by molar-refractivity contribution is -0.187. The van der Waals surface area contributed by atoms with Gasteiger partial charge in [-0.1, -0.05) is 0 Å². The molecule has 0 amide bonds. The maximum atomic E-state index is 11.3. The SMILES string of the molecule is O=C(O)CC(=O)OCC(F)(F)F. The number of hydrogen-bond acceptors (Lipinski definition) is 3. The highest BCUT2D eigenvalue weighted by Gasteiger charge is 2.29. The summed E-state index contributed by atoms with van der Waals surface area (Å²) in [5.41, 5.74) is 0. The summed E-state index contributed by atoms with van der Waals surface area (Å²) in [7, 11) is 0. The fourth-order valence-corrected chi connectivity index (χ4v) is 0.337. The van der Waals surface area contributed by atoms with E-state index in [0.717, 1.165) is 0 Å². The molecule has 7 heteroatoms. The van der Waals surface area contributed by atoms with E-state index in [1.807, 2.05) is 0 Å². The maximum Gasteiger partial charge on any atom is 0.422 e. The molecule has 0 fully saturated rings. The molecule has 70 valence electrons. The number of alkyl halides is 3. The highest BCUT2D eigenvalue weighted by molar-refractivity contribution is 5.90. The van der Waals surface area contributed by atoms with Crippen molar-refractivity contribution in [1.82, 2.24) is 0 Å². The van der Waals surface area contributed by atoms with Crippen molar-refractivity contribution in [2.24, 2.45) is 0 Å². The monoisotopic (exact) mass is 186 g/mol. The third kappa shape index (κ3) is 6.84. The van der Waals surface area contributed by atoms with Crippen LogP contribution in [0.15, 0.2) is 0 Å². The third-order valence-corrected chi connectivity index (χ3v) is 0.692. The molecule has 4 nitrogen and oxygen atoms in total. The van der Waals surface area contributed by atoms with Gasteiger partial charge in [0.15, 0.2) is 6.61 Å². The Labute approximate surface area is 64.9 Å². The van der Waals surface area contributed by atoms with Crippen LogP contribution in [-0.4, -0.2) is 29.8 Å². The highest BCUT2D eigenvalue weighted by atomic mass is 19.4. The van der Waals surface area contributed by atoms with Crippen LogP contribution in [0, 0.1) is 0 Å². The van der Waals surface area contributed by atoms with Crippen molar-refractivity contribution < 1.29 is 32.6 Å². The van der Waals surface area contributed by atoms with Gasteiger partial charge in [0.25, 0.3) is 0 Å². The summed E-state index contributed by atoms with van der Waals surface area (Å²) in [6.07, 6.45) is -5.68. The highest BCUT2D eigenvalue weighted by Crippen LogP contribution is 2.14. The first-order valence-corrected chi connectivity index (χ1v) is 2.75. The second-order valence-corrected chi connectivity index (χ2v) is 1.85. The summed E-state index contributed by atoms with van der Waals surface area (Å²) in [6.45, 7) is -1.75. The fraction of sp³-hybridized carbons (Fsp3) is 0.600. The molecule has 0 saturated carbocycles. The minimum Gasteiger partial charge on any atom is -0.481 e. The summed E-state index contributed by atoms with van der Waals surface area (Å²) in [4.78, 5) is 19.9. The normalized spacial score (nSPS) is 10.9. The van der Waals surface area contributed by atoms with Gasteiger partial charge in [0.1, 0.15) is 6.42 Å². The topological polar surface area (TPSA) is 63.6 Å². The van der Waals surface area contributed by atoms with Gasteiger partial charge in [-0.25, -0.2) is 0 Å². The van der Waals surface area contributed by atoms with Gasteiger partial charge in [-0.15, -0.1) is 0 Å². The second kappa shape index (κ2) is 3.93. The predicted octanol–water partition coefficient (Wildman–Crippen LogP) is 0.567. The number of carboxylic acids is 1. The van der Waals surface area contributed by atoms with Crippen LogP contribution in [0.2, 0.25) is 0 Å². The van der Waals surface area contributed by atoms with Gasteiger partial charge >= 0.3 is 18.1 Å². The molecule has 0 atom stereocenters. The summed E-state index contributed by atoms with van der Waals surface area (Å²) >= 11 is 0. The van der Waals surface area contributed by atoms with Crippen LogP contribution in [0.3, 0.4) is 0 Å². The molecule has 0 aromatic carbocycles. The zero-order valence-corrected chi connectivity index (χ0v) is 5.72. The quantitative estimate of drug-likeness (QED) is 0.516. The largest absolute Gasteiger partial charge is 0.481 e. The molecule has 12 heavy (non-hydrogen) atoms. The lowest BCUT2D eigenvalue weighted by atomic mass is 10.4. The van der Waals surface area contributed by atoms with E-state index in [1.54, 1.807) is 0 Å². The van der Waals surface area contributed by atoms with Gasteiger partial charge in [-0.05, 0) is 0 Å². The van der Waals surface area contributed by atoms with Crippen molar-refractivity contribution in [2.75, 3.05) is 6.61 Å². The van der Waals surface area contributed by atoms with Crippen LogP contribution in [0.5, 0.6) is 0 Å². The summed E-state index contributed by atoms with van der Waals surface area (Å²) in [5, 5.41) is 7.93. The zero-order valence-electron chi connectivity index (χ0n) is 5.72. The van der Waals surface area contributed by atoms with E-state index in [9.17, 15) is 22.8 Å². The minimum absolute atomic E-state index is 1.06. The van der Waals surface area contributed by atoms with E-state index < -0.39 is 31.1 Å². The molecular weight excluding hydrogens is 181 g/mol. The molecule has 1 N–H and O–H groups in total. The molecule has 0 rings (SSSR count). The first kappa shape index (κ1) is 10.7. The molecule has 0 aromatic heterocycles. The predicted molar refractivity (Wildman–Crippen MR) is 29.3 cm³/mol. The van der Waals surface area contributed by atoms with Crippen molar-refractivity contribution >= 4 is 11.9 Å². The second-order valence-electron chi connectivity index (χ2n) is 1.85. The lowest BCUT2D eigenvalue weighted by Gasteiger charge is -2.05. The molecule has 0 unspecified atom stereocenters. The number of ether oxygens (including phenoxy) is 1. The van der Waals surface area contributed by atoms with Gasteiger partial charge in [0.05, 0.1) is 0 Å². The zero-order chi connectivity index (χ0) is 9.78. The molecule has 0 aliphatic carbocycles. The molecule has 0 bridgehead atoms.